The van der Waals surface area contributed by atoms with Crippen molar-refractivity contribution >= 4 is 32.2 Å². The van der Waals surface area contributed by atoms with Crippen LogP contribution in [0.2, 0.25) is 0 Å². The van der Waals surface area contributed by atoms with Crippen LogP contribution in [0.1, 0.15) is 59.3 Å². The maximum Gasteiger partial charge on any atom is 0.362 e. The highest BCUT2D eigenvalue weighted by atomic mass is 31.2. The molecule has 14 heteroatoms. The standard InChI is InChI=1S/C25H44N3O10P/c1-20(18-22(30)26-13-8-6-7-9-16-37-39(34-5)38-33-4)35-19-25(2,3)36-17-14-27-21(29)12-15-28-23(31)10-11-24(28)32/h10-11,20H,6-9,12-19H2,1-5H3,(H,26,30)(H,27,29). The van der Waals surface area contributed by atoms with Gasteiger partial charge in [0.1, 0.15) is 0 Å². The molecule has 0 aromatic heterocycles. The molecule has 13 nitrogen and oxygen atoms in total. The fraction of sp³-hybridized carbons (Fsp3) is 0.760. The lowest BCUT2D eigenvalue weighted by Crippen LogP contribution is -2.38. The first-order valence-corrected chi connectivity index (χ1v) is 14.2. The van der Waals surface area contributed by atoms with Gasteiger partial charge in [-0.25, -0.2) is 4.89 Å². The molecule has 0 spiro atoms. The van der Waals surface area contributed by atoms with Crippen molar-refractivity contribution in [2.45, 2.75) is 71.0 Å². The lowest BCUT2D eigenvalue weighted by Gasteiger charge is -2.27. The average molecular weight is 578 g/mol. The van der Waals surface area contributed by atoms with Crippen molar-refractivity contribution in [3.63, 3.8) is 0 Å². The van der Waals surface area contributed by atoms with Crippen LogP contribution >= 0.6 is 8.60 Å². The van der Waals surface area contributed by atoms with Gasteiger partial charge >= 0.3 is 8.60 Å². The van der Waals surface area contributed by atoms with Crippen LogP contribution in [-0.2, 0) is 47.3 Å². The Labute approximate surface area is 232 Å². The minimum Gasteiger partial charge on any atom is -0.375 e. The van der Waals surface area contributed by atoms with Gasteiger partial charge in [-0.3, -0.25) is 24.1 Å². The van der Waals surface area contributed by atoms with Crippen LogP contribution in [0.5, 0.6) is 0 Å². The molecule has 1 heterocycles. The molecule has 0 radical (unpaired) electrons. The summed E-state index contributed by atoms with van der Waals surface area (Å²) < 4.78 is 26.8. The van der Waals surface area contributed by atoms with Gasteiger partial charge < -0.3 is 29.2 Å². The highest BCUT2D eigenvalue weighted by molar-refractivity contribution is 7.41. The number of nitrogens with one attached hydrogen (secondary N) is 2. The number of nitrogens with zero attached hydrogens (tertiary/aromatic N) is 1. The number of unbranched alkanes of at least 4 members (excludes halogenated alkanes) is 3. The Bertz CT molecular complexity index is 778. The number of hydrogen-bond acceptors (Lipinski definition) is 10. The highest BCUT2D eigenvalue weighted by Crippen LogP contribution is 2.38. The molecule has 39 heavy (non-hydrogen) atoms. The van der Waals surface area contributed by atoms with Gasteiger partial charge in [0.05, 0.1) is 45.1 Å². The van der Waals surface area contributed by atoms with Gasteiger partial charge in [-0.05, 0) is 33.6 Å². The van der Waals surface area contributed by atoms with Gasteiger partial charge in [0, 0.05) is 45.3 Å². The molecule has 2 atom stereocenters. The lowest BCUT2D eigenvalue weighted by atomic mass is 10.1. The van der Waals surface area contributed by atoms with Gasteiger partial charge in [0.25, 0.3) is 11.8 Å². The lowest BCUT2D eigenvalue weighted by molar-refractivity contribution is -0.189. The molecule has 0 aromatic carbocycles. The quantitative estimate of drug-likeness (QED) is 0.0608. The molecule has 0 aromatic rings. The van der Waals surface area contributed by atoms with Crippen LogP contribution in [0, 0.1) is 0 Å². The Kier molecular flexibility index (Phi) is 17.9. The van der Waals surface area contributed by atoms with Gasteiger partial charge in [-0.15, -0.1) is 0 Å². The number of hydrogen-bond donors (Lipinski definition) is 2. The highest BCUT2D eigenvalue weighted by Gasteiger charge is 2.24. The molecule has 0 saturated carbocycles. The first-order chi connectivity index (χ1) is 18.6. The molecule has 0 fully saturated rings. The summed E-state index contributed by atoms with van der Waals surface area (Å²) in [5.41, 5.74) is -0.612. The van der Waals surface area contributed by atoms with E-state index in [-0.39, 0.29) is 57.1 Å². The molecule has 1 rings (SSSR count). The first-order valence-electron chi connectivity index (χ1n) is 13.1. The van der Waals surface area contributed by atoms with E-state index in [0.29, 0.717) is 13.2 Å². The van der Waals surface area contributed by atoms with Crippen LogP contribution < -0.4 is 10.6 Å². The maximum absolute atomic E-state index is 12.2. The van der Waals surface area contributed by atoms with E-state index >= 15 is 0 Å². The van der Waals surface area contributed by atoms with Crippen molar-refractivity contribution < 1.29 is 47.3 Å². The second kappa shape index (κ2) is 20.0. The zero-order chi connectivity index (χ0) is 29.1. The third-order valence-corrected chi connectivity index (χ3v) is 6.41. The van der Waals surface area contributed by atoms with E-state index in [1.165, 1.54) is 26.4 Å². The Hall–Kier alpha value is -1.99. The van der Waals surface area contributed by atoms with E-state index in [1.807, 2.05) is 20.8 Å². The Balaban J connectivity index is 2.05. The molecule has 1 aliphatic heterocycles. The van der Waals surface area contributed by atoms with Gasteiger partial charge in [-0.1, -0.05) is 12.8 Å². The Morgan fingerprint density at radius 3 is 2.31 bits per heavy atom. The molecule has 2 N–H and O–H groups in total. The fourth-order valence-corrected chi connectivity index (χ4v) is 3.97. The largest absolute Gasteiger partial charge is 0.375 e. The zero-order valence-electron chi connectivity index (χ0n) is 23.7. The monoisotopic (exact) mass is 577 g/mol. The van der Waals surface area contributed by atoms with E-state index < -0.39 is 26.0 Å². The number of amides is 4. The number of carbonyl (C=O) groups is 4. The summed E-state index contributed by atoms with van der Waals surface area (Å²) in [5, 5.41) is 5.61. The van der Waals surface area contributed by atoms with Crippen LogP contribution in [0.15, 0.2) is 12.2 Å². The maximum atomic E-state index is 12.2. The summed E-state index contributed by atoms with van der Waals surface area (Å²) in [6.45, 7) is 7.56. The first kappa shape index (κ1) is 35.0. The van der Waals surface area contributed by atoms with Crippen molar-refractivity contribution in [3.05, 3.63) is 12.2 Å². The van der Waals surface area contributed by atoms with Crippen molar-refractivity contribution in [1.82, 2.24) is 15.5 Å². The molecule has 0 saturated heterocycles. The minimum absolute atomic E-state index is 0.0290. The molecular formula is C25H44N3O10P. The van der Waals surface area contributed by atoms with E-state index in [1.54, 1.807) is 0 Å². The molecule has 0 aliphatic carbocycles. The Morgan fingerprint density at radius 1 is 0.974 bits per heavy atom. The Morgan fingerprint density at radius 2 is 1.64 bits per heavy atom. The van der Waals surface area contributed by atoms with Crippen LogP contribution in [0.4, 0.5) is 0 Å². The van der Waals surface area contributed by atoms with E-state index in [2.05, 4.69) is 15.5 Å². The van der Waals surface area contributed by atoms with Crippen LogP contribution in [-0.4, -0.2) is 93.9 Å². The van der Waals surface area contributed by atoms with Crippen LogP contribution in [0.25, 0.3) is 0 Å². The molecule has 2 unspecified atom stereocenters. The summed E-state index contributed by atoms with van der Waals surface area (Å²) in [6.07, 6.45) is 6.04. The normalized spacial score (nSPS) is 15.1. The summed E-state index contributed by atoms with van der Waals surface area (Å²) in [4.78, 5) is 52.7. The number of ether oxygens (including phenoxy) is 2. The molecule has 1 aliphatic rings. The summed E-state index contributed by atoms with van der Waals surface area (Å²) in [7, 11) is 1.43. The summed E-state index contributed by atoms with van der Waals surface area (Å²) >= 11 is 0. The predicted octanol–water partition coefficient (Wildman–Crippen LogP) is 2.15. The SMILES string of the molecule is COOP(OC)OCCCCCCNC(=O)CC(C)OCC(C)(C)OCCNC(=O)CCN1C(=O)C=CC1=O. The molecule has 224 valence electrons. The second-order valence-electron chi connectivity index (χ2n) is 9.44. The van der Waals surface area contributed by atoms with E-state index in [0.717, 1.165) is 30.6 Å². The second-order valence-corrected chi connectivity index (χ2v) is 10.7. The summed E-state index contributed by atoms with van der Waals surface area (Å²) in [5.74, 6) is -1.16. The summed E-state index contributed by atoms with van der Waals surface area (Å²) in [6, 6.07) is 0. The van der Waals surface area contributed by atoms with Gasteiger partial charge in [0.2, 0.25) is 11.8 Å². The van der Waals surface area contributed by atoms with E-state index in [9.17, 15) is 19.2 Å². The zero-order valence-corrected chi connectivity index (χ0v) is 24.6. The van der Waals surface area contributed by atoms with Crippen molar-refractivity contribution in [2.24, 2.45) is 0 Å². The molecule has 0 bridgehead atoms. The third kappa shape index (κ3) is 16.7. The average Bonchev–Trinajstić information content (AvgIpc) is 3.21. The number of carbonyl (C=O) groups excluding carboxylic acids is 4. The van der Waals surface area contributed by atoms with Crippen molar-refractivity contribution in [2.75, 3.05) is 53.7 Å². The van der Waals surface area contributed by atoms with Crippen LogP contribution in [0.3, 0.4) is 0 Å². The third-order valence-electron chi connectivity index (χ3n) is 5.44. The van der Waals surface area contributed by atoms with Gasteiger partial charge in [-0.2, -0.15) is 4.67 Å². The topological polar surface area (TPSA) is 151 Å². The fourth-order valence-electron chi connectivity index (χ4n) is 3.36. The van der Waals surface area contributed by atoms with Gasteiger partial charge in [0.15, 0.2) is 0 Å². The number of imide groups is 1. The smallest absolute Gasteiger partial charge is 0.362 e. The molecule has 4 amide bonds. The molecular weight excluding hydrogens is 533 g/mol. The predicted molar refractivity (Wildman–Crippen MR) is 143 cm³/mol. The minimum atomic E-state index is -1.46. The van der Waals surface area contributed by atoms with Crippen molar-refractivity contribution in [3.8, 4) is 0 Å². The van der Waals surface area contributed by atoms with Crippen molar-refractivity contribution in [1.29, 1.82) is 0 Å². The van der Waals surface area contributed by atoms with E-state index in [4.69, 9.17) is 23.2 Å². The number of rotatable bonds is 23.